The van der Waals surface area contributed by atoms with Crippen LogP contribution in [0.25, 0.3) is 0 Å². The molecule has 0 saturated heterocycles. The van der Waals surface area contributed by atoms with Crippen LogP contribution in [0.3, 0.4) is 0 Å². The lowest BCUT2D eigenvalue weighted by atomic mass is 10.0. The zero-order valence-corrected chi connectivity index (χ0v) is 18.8. The highest BCUT2D eigenvalue weighted by Crippen LogP contribution is 2.34. The van der Waals surface area contributed by atoms with Gasteiger partial charge in [0, 0.05) is 24.5 Å². The van der Waals surface area contributed by atoms with Crippen LogP contribution < -0.4 is 10.1 Å². The summed E-state index contributed by atoms with van der Waals surface area (Å²) in [7, 11) is 0. The largest absolute Gasteiger partial charge is 0.491 e. The first-order chi connectivity index (χ1) is 14.5. The van der Waals surface area contributed by atoms with Crippen LogP contribution in [0, 0.1) is 6.92 Å². The number of ether oxygens (including phenoxy) is 1. The van der Waals surface area contributed by atoms with E-state index in [9.17, 15) is 9.59 Å². The molecule has 1 N–H and O–H groups in total. The normalized spacial score (nSPS) is 15.4. The third-order valence-electron chi connectivity index (χ3n) is 5.34. The maximum Gasteiger partial charge on any atom is 0.317 e. The fraction of sp³-hybridized carbons (Fsp3) is 0.478. The van der Waals surface area contributed by atoms with Crippen LogP contribution in [0.2, 0.25) is 0 Å². The molecule has 2 heterocycles. The number of nitrogens with one attached hydrogen (secondary N) is 1. The number of hydrogen-bond acceptors (Lipinski definition) is 4. The molecule has 0 radical (unpaired) electrons. The van der Waals surface area contributed by atoms with Gasteiger partial charge in [0.05, 0.1) is 6.04 Å². The van der Waals surface area contributed by atoms with E-state index in [0.717, 1.165) is 29.7 Å². The number of urea groups is 1. The smallest absolute Gasteiger partial charge is 0.317 e. The molecule has 3 rings (SSSR count). The summed E-state index contributed by atoms with van der Waals surface area (Å²) in [6, 6.07) is 9.68. The van der Waals surface area contributed by atoms with Crippen molar-refractivity contribution >= 4 is 23.3 Å². The molecule has 0 unspecified atom stereocenters. The number of thiophene rings is 1. The van der Waals surface area contributed by atoms with Crippen LogP contribution >= 0.6 is 11.3 Å². The van der Waals surface area contributed by atoms with Gasteiger partial charge in [-0.15, -0.1) is 11.3 Å². The Morgan fingerprint density at radius 1 is 1.27 bits per heavy atom. The molecule has 3 amide bonds. The van der Waals surface area contributed by atoms with E-state index < -0.39 is 0 Å². The third kappa shape index (κ3) is 5.14. The summed E-state index contributed by atoms with van der Waals surface area (Å²) < 4.78 is 6.14. The van der Waals surface area contributed by atoms with Crippen LogP contribution in [0.4, 0.5) is 4.79 Å². The molecule has 6 nitrogen and oxygen atoms in total. The maximum atomic E-state index is 13.3. The number of fused-ring (bicyclic) bond motifs is 1. The average Bonchev–Trinajstić information content (AvgIpc) is 3.22. The molecule has 162 valence electrons. The molecule has 1 aliphatic rings. The lowest BCUT2D eigenvalue weighted by molar-refractivity contribution is -0.135. The maximum absolute atomic E-state index is 13.3. The van der Waals surface area contributed by atoms with Crippen molar-refractivity contribution in [2.75, 3.05) is 32.8 Å². The highest BCUT2D eigenvalue weighted by atomic mass is 32.1. The molecule has 7 heteroatoms. The number of nitrogens with zero attached hydrogens (tertiary/aromatic N) is 2. The van der Waals surface area contributed by atoms with Crippen molar-refractivity contribution in [2.24, 2.45) is 0 Å². The van der Waals surface area contributed by atoms with Gasteiger partial charge in [-0.3, -0.25) is 4.79 Å². The monoisotopic (exact) mass is 429 g/mol. The molecule has 0 spiro atoms. The molecule has 1 atom stereocenters. The summed E-state index contributed by atoms with van der Waals surface area (Å²) in [5.74, 6) is 0.798. The van der Waals surface area contributed by atoms with Gasteiger partial charge in [-0.1, -0.05) is 25.1 Å². The van der Waals surface area contributed by atoms with E-state index in [4.69, 9.17) is 4.74 Å². The fourth-order valence-electron chi connectivity index (χ4n) is 3.80. The molecule has 2 aromatic rings. The zero-order chi connectivity index (χ0) is 21.5. The predicted molar refractivity (Wildman–Crippen MR) is 120 cm³/mol. The molecular weight excluding hydrogens is 398 g/mol. The summed E-state index contributed by atoms with van der Waals surface area (Å²) in [6.45, 7) is 8.13. The second kappa shape index (κ2) is 10.5. The third-order valence-corrected chi connectivity index (χ3v) is 6.34. The van der Waals surface area contributed by atoms with Gasteiger partial charge < -0.3 is 19.9 Å². The van der Waals surface area contributed by atoms with Crippen molar-refractivity contribution in [3.05, 3.63) is 51.7 Å². The van der Waals surface area contributed by atoms with Gasteiger partial charge in [-0.05, 0) is 55.3 Å². The van der Waals surface area contributed by atoms with Gasteiger partial charge in [0.1, 0.15) is 18.9 Å². The van der Waals surface area contributed by atoms with Crippen LogP contribution in [-0.2, 0) is 11.2 Å². The zero-order valence-electron chi connectivity index (χ0n) is 18.0. The SMILES string of the molecule is CCCN(CC(=O)N1CCc2sccc2[C@H]1COc1ccccc1C)C(=O)NCC. The van der Waals surface area contributed by atoms with Gasteiger partial charge in [0.25, 0.3) is 0 Å². The number of benzene rings is 1. The lowest BCUT2D eigenvalue weighted by Crippen LogP contribution is -2.50. The number of carbonyl (C=O) groups excluding carboxylic acids is 2. The van der Waals surface area contributed by atoms with Gasteiger partial charge in [0.2, 0.25) is 5.91 Å². The molecule has 1 aromatic heterocycles. The minimum Gasteiger partial charge on any atom is -0.491 e. The predicted octanol–water partition coefficient (Wildman–Crippen LogP) is 4.00. The summed E-state index contributed by atoms with van der Waals surface area (Å²) in [4.78, 5) is 30.4. The van der Waals surface area contributed by atoms with E-state index in [1.807, 2.05) is 49.9 Å². The Hall–Kier alpha value is -2.54. The van der Waals surface area contributed by atoms with E-state index in [1.54, 1.807) is 16.2 Å². The van der Waals surface area contributed by atoms with Gasteiger partial charge >= 0.3 is 6.03 Å². The Bertz CT molecular complexity index is 867. The molecule has 0 saturated carbocycles. The van der Waals surface area contributed by atoms with E-state index in [1.165, 1.54) is 4.88 Å². The molecule has 0 aliphatic carbocycles. The average molecular weight is 430 g/mol. The second-order valence-corrected chi connectivity index (χ2v) is 8.49. The highest BCUT2D eigenvalue weighted by Gasteiger charge is 2.33. The number of amides is 3. The summed E-state index contributed by atoms with van der Waals surface area (Å²) in [6.07, 6.45) is 1.65. The molecule has 1 aromatic carbocycles. The number of aryl methyl sites for hydroxylation is 1. The molecule has 30 heavy (non-hydrogen) atoms. The second-order valence-electron chi connectivity index (χ2n) is 7.49. The Balaban J connectivity index is 1.76. The van der Waals surface area contributed by atoms with E-state index >= 15 is 0 Å². The van der Waals surface area contributed by atoms with Crippen LogP contribution in [-0.4, -0.2) is 54.5 Å². The summed E-state index contributed by atoms with van der Waals surface area (Å²) in [5, 5.41) is 4.89. The topological polar surface area (TPSA) is 61.9 Å². The van der Waals surface area contributed by atoms with Crippen LogP contribution in [0.15, 0.2) is 35.7 Å². The molecule has 0 bridgehead atoms. The summed E-state index contributed by atoms with van der Waals surface area (Å²) >= 11 is 1.73. The van der Waals surface area contributed by atoms with Gasteiger partial charge in [-0.2, -0.15) is 0 Å². The van der Waals surface area contributed by atoms with E-state index in [0.29, 0.717) is 26.2 Å². The first kappa shape index (κ1) is 22.2. The minimum absolute atomic E-state index is 0.0371. The van der Waals surface area contributed by atoms with Crippen molar-refractivity contribution in [1.29, 1.82) is 0 Å². The van der Waals surface area contributed by atoms with Gasteiger partial charge in [-0.25, -0.2) is 4.79 Å². The van der Waals surface area contributed by atoms with Crippen LogP contribution in [0.1, 0.15) is 42.3 Å². The number of rotatable bonds is 8. The molecule has 0 fully saturated rings. The Kier molecular flexibility index (Phi) is 7.74. The fourth-order valence-corrected chi connectivity index (χ4v) is 4.73. The Labute approximate surface area is 182 Å². The number of carbonyl (C=O) groups is 2. The first-order valence-electron chi connectivity index (χ1n) is 10.6. The Morgan fingerprint density at radius 2 is 2.07 bits per heavy atom. The van der Waals surface area contributed by atoms with Crippen molar-refractivity contribution in [3.8, 4) is 5.75 Å². The standard InChI is InChI=1S/C23H31N3O3S/c1-4-12-25(23(28)24-5-2)15-22(27)26-13-10-21-18(11-14-30-21)19(26)16-29-20-9-7-6-8-17(20)3/h6-9,11,14,19H,4-5,10,12-13,15-16H2,1-3H3,(H,24,28)/t19-/m1/s1. The Morgan fingerprint density at radius 3 is 2.80 bits per heavy atom. The number of para-hydroxylation sites is 1. The van der Waals surface area contributed by atoms with Crippen molar-refractivity contribution in [1.82, 2.24) is 15.1 Å². The van der Waals surface area contributed by atoms with Crippen molar-refractivity contribution in [2.45, 2.75) is 39.7 Å². The highest BCUT2D eigenvalue weighted by molar-refractivity contribution is 7.10. The quantitative estimate of drug-likeness (QED) is 0.690. The minimum atomic E-state index is -0.186. The van der Waals surface area contributed by atoms with Gasteiger partial charge in [0.15, 0.2) is 0 Å². The van der Waals surface area contributed by atoms with Crippen LogP contribution in [0.5, 0.6) is 5.75 Å². The van der Waals surface area contributed by atoms with Crippen molar-refractivity contribution in [3.63, 3.8) is 0 Å². The molecule has 1 aliphatic heterocycles. The van der Waals surface area contributed by atoms with Crippen molar-refractivity contribution < 1.29 is 14.3 Å². The first-order valence-corrected chi connectivity index (χ1v) is 11.5. The van der Waals surface area contributed by atoms with E-state index in [-0.39, 0.29) is 24.5 Å². The van der Waals surface area contributed by atoms with E-state index in [2.05, 4.69) is 16.8 Å². The summed E-state index contributed by atoms with van der Waals surface area (Å²) in [5.41, 5.74) is 2.23. The lowest BCUT2D eigenvalue weighted by Gasteiger charge is -2.37. The number of hydrogen-bond donors (Lipinski definition) is 1. The molecular formula is C23H31N3O3S.